The fourth-order valence-electron chi connectivity index (χ4n) is 8.00. The average Bonchev–Trinajstić information content (AvgIpc) is 3.28. The molecule has 2 saturated heterocycles. The molecule has 2 fully saturated rings. The molecule has 8 rings (SSSR count). The van der Waals surface area contributed by atoms with Gasteiger partial charge in [0.2, 0.25) is 0 Å². The molecule has 0 spiro atoms. The molecule has 6 aromatic rings. The monoisotopic (exact) mass is 844 g/mol. The van der Waals surface area contributed by atoms with Gasteiger partial charge in [0.05, 0.1) is 12.1 Å². The topological polar surface area (TPSA) is 13.0 Å². The van der Waals surface area contributed by atoms with Crippen LogP contribution in [-0.2, 0) is 0 Å². The minimum atomic E-state index is -0.185. The first-order chi connectivity index (χ1) is 28.6. The zero-order valence-electron chi connectivity index (χ0n) is 34.1. The molecule has 4 nitrogen and oxygen atoms in total. The second-order valence-corrected chi connectivity index (χ2v) is 15.0. The third-order valence-corrected chi connectivity index (χ3v) is 11.1. The van der Waals surface area contributed by atoms with Crippen LogP contribution in [0, 0.1) is 11.6 Å². The van der Waals surface area contributed by atoms with Gasteiger partial charge >= 0.3 is 0 Å². The molecule has 2 aliphatic heterocycles. The molecule has 2 aliphatic rings. The van der Waals surface area contributed by atoms with Crippen molar-refractivity contribution < 1.29 is 8.78 Å². The predicted molar refractivity (Wildman–Crippen MR) is 251 cm³/mol. The summed E-state index contributed by atoms with van der Waals surface area (Å²) in [5.74, 6) is -0.369. The van der Waals surface area contributed by atoms with Gasteiger partial charge in [0.1, 0.15) is 11.6 Å². The van der Waals surface area contributed by atoms with E-state index in [1.165, 1.54) is 22.3 Å². The van der Waals surface area contributed by atoms with Crippen LogP contribution in [0.3, 0.4) is 0 Å². The summed E-state index contributed by atoms with van der Waals surface area (Å²) in [6.45, 7) is 10.0. The number of hydrogen-bond acceptors (Lipinski definition) is 4. The molecule has 0 radical (unpaired) electrons. The van der Waals surface area contributed by atoms with E-state index in [1.54, 1.807) is 24.3 Å². The molecule has 0 aromatic heterocycles. The molecule has 0 aliphatic carbocycles. The van der Waals surface area contributed by atoms with Crippen molar-refractivity contribution in [3.8, 4) is 0 Å². The SMILES string of the molecule is Cl.Cl.Fc1ccc(C(c2ccccc2)N2CCN(C/C=C/c3ccccc3)CC2)cc1.Fc1ccc(C(c2ccccc2)N2CCN(CC=Cc3ccccc3)CC2)cc1. The van der Waals surface area contributed by atoms with Crippen molar-refractivity contribution in [3.05, 3.63) is 227 Å². The molecule has 0 amide bonds. The second kappa shape index (κ2) is 24.4. The van der Waals surface area contributed by atoms with Gasteiger partial charge in [-0.25, -0.2) is 8.78 Å². The van der Waals surface area contributed by atoms with Gasteiger partial charge in [0.25, 0.3) is 0 Å². The van der Waals surface area contributed by atoms with Crippen LogP contribution in [0.5, 0.6) is 0 Å². The zero-order chi connectivity index (χ0) is 39.8. The lowest BCUT2D eigenvalue weighted by Gasteiger charge is -2.39. The molecule has 0 saturated carbocycles. The van der Waals surface area contributed by atoms with Gasteiger partial charge in [-0.1, -0.05) is 170 Å². The Hall–Kier alpha value is -4.92. The molecule has 312 valence electrons. The van der Waals surface area contributed by atoms with E-state index < -0.39 is 0 Å². The highest BCUT2D eigenvalue weighted by Gasteiger charge is 2.27. The van der Waals surface area contributed by atoms with Crippen molar-refractivity contribution in [2.24, 2.45) is 0 Å². The van der Waals surface area contributed by atoms with E-state index in [9.17, 15) is 8.78 Å². The van der Waals surface area contributed by atoms with Gasteiger partial charge in [-0.2, -0.15) is 0 Å². The molecule has 0 bridgehead atoms. The summed E-state index contributed by atoms with van der Waals surface area (Å²) in [6, 6.07) is 56.2. The molecule has 8 heteroatoms. The number of nitrogens with zero attached hydrogens (tertiary/aromatic N) is 4. The molecule has 2 atom stereocenters. The van der Waals surface area contributed by atoms with Gasteiger partial charge < -0.3 is 0 Å². The smallest absolute Gasteiger partial charge is 0.123 e. The number of piperazine rings is 2. The van der Waals surface area contributed by atoms with E-state index in [2.05, 4.69) is 141 Å². The summed E-state index contributed by atoms with van der Waals surface area (Å²) >= 11 is 0. The quantitative estimate of drug-likeness (QED) is 0.122. The average molecular weight is 846 g/mol. The number of hydrogen-bond donors (Lipinski definition) is 0. The fourth-order valence-corrected chi connectivity index (χ4v) is 8.00. The summed E-state index contributed by atoms with van der Waals surface area (Å²) in [5, 5.41) is 0. The molecule has 0 N–H and O–H groups in total. The molecule has 6 aromatic carbocycles. The van der Waals surface area contributed by atoms with Crippen molar-refractivity contribution in [2.45, 2.75) is 12.1 Å². The van der Waals surface area contributed by atoms with Crippen molar-refractivity contribution >= 4 is 37.0 Å². The Kier molecular flexibility index (Phi) is 18.7. The highest BCUT2D eigenvalue weighted by molar-refractivity contribution is 5.85. The molecular weight excluding hydrogens is 790 g/mol. The molecule has 60 heavy (non-hydrogen) atoms. The minimum Gasteiger partial charge on any atom is -0.297 e. The van der Waals surface area contributed by atoms with Crippen molar-refractivity contribution in [3.63, 3.8) is 0 Å². The number of benzene rings is 6. The van der Waals surface area contributed by atoms with Crippen LogP contribution >= 0.6 is 24.8 Å². The fraction of sp³-hybridized carbons (Fsp3) is 0.231. The maximum atomic E-state index is 13.5. The third kappa shape index (κ3) is 13.5. The van der Waals surface area contributed by atoms with E-state index in [0.29, 0.717) is 0 Å². The van der Waals surface area contributed by atoms with Crippen molar-refractivity contribution in [1.82, 2.24) is 19.6 Å². The van der Waals surface area contributed by atoms with Crippen molar-refractivity contribution in [1.29, 1.82) is 0 Å². The lowest BCUT2D eigenvalue weighted by molar-refractivity contribution is 0.118. The lowest BCUT2D eigenvalue weighted by Crippen LogP contribution is -2.47. The summed E-state index contributed by atoms with van der Waals surface area (Å²) in [7, 11) is 0. The molecule has 2 heterocycles. The maximum Gasteiger partial charge on any atom is 0.123 e. The Morgan fingerprint density at radius 2 is 0.650 bits per heavy atom. The van der Waals surface area contributed by atoms with Gasteiger partial charge in [-0.15, -0.1) is 24.8 Å². The van der Waals surface area contributed by atoms with Crippen LogP contribution in [0.4, 0.5) is 8.78 Å². The second-order valence-electron chi connectivity index (χ2n) is 15.0. The Bertz CT molecular complexity index is 1970. The predicted octanol–water partition coefficient (Wildman–Crippen LogP) is 11.3. The van der Waals surface area contributed by atoms with Crippen molar-refractivity contribution in [2.75, 3.05) is 65.4 Å². The van der Waals surface area contributed by atoms with Gasteiger partial charge in [-0.05, 0) is 57.6 Å². The van der Waals surface area contributed by atoms with E-state index >= 15 is 0 Å². The van der Waals surface area contributed by atoms with Crippen LogP contribution in [0.25, 0.3) is 12.2 Å². The number of rotatable bonds is 12. The number of halogens is 4. The standard InChI is InChI=1S/2C26H27FN2.2ClH/c2*27-25-15-13-24(14-16-25)26(23-11-5-2-6-12-23)29-20-18-28(19-21-29)17-7-10-22-8-3-1-4-9-22;;/h2*1-16,26H,17-21H2;2*1H/b10-7+;;;. The van der Waals surface area contributed by atoms with Crippen LogP contribution in [0.1, 0.15) is 45.5 Å². The van der Waals surface area contributed by atoms with E-state index in [1.807, 2.05) is 48.5 Å². The van der Waals surface area contributed by atoms with Crippen LogP contribution in [0.2, 0.25) is 0 Å². The largest absolute Gasteiger partial charge is 0.297 e. The first-order valence-electron chi connectivity index (χ1n) is 20.6. The van der Waals surface area contributed by atoms with E-state index in [-0.39, 0.29) is 48.5 Å². The summed E-state index contributed by atoms with van der Waals surface area (Å²) in [6.07, 6.45) is 8.88. The third-order valence-electron chi connectivity index (χ3n) is 11.1. The molecule has 2 unspecified atom stereocenters. The van der Waals surface area contributed by atoms with E-state index in [4.69, 9.17) is 0 Å². The summed E-state index contributed by atoms with van der Waals surface area (Å²) in [5.41, 5.74) is 7.30. The highest BCUT2D eigenvalue weighted by atomic mass is 35.5. The van der Waals surface area contributed by atoms with Gasteiger partial charge in [-0.3, -0.25) is 19.6 Å². The van der Waals surface area contributed by atoms with Crippen LogP contribution < -0.4 is 0 Å². The summed E-state index contributed by atoms with van der Waals surface area (Å²) < 4.78 is 26.9. The summed E-state index contributed by atoms with van der Waals surface area (Å²) in [4.78, 5) is 10.0. The molecular formula is C52H56Cl2F2N4. The Labute approximate surface area is 368 Å². The lowest BCUT2D eigenvalue weighted by atomic mass is 9.96. The maximum absolute atomic E-state index is 13.5. The zero-order valence-corrected chi connectivity index (χ0v) is 35.7. The highest BCUT2D eigenvalue weighted by Crippen LogP contribution is 2.31. The first kappa shape index (κ1) is 46.2. The minimum absolute atomic E-state index is 0. The Morgan fingerprint density at radius 3 is 0.967 bits per heavy atom. The van der Waals surface area contributed by atoms with Crippen LogP contribution in [0.15, 0.2) is 182 Å². The van der Waals surface area contributed by atoms with Gasteiger partial charge in [0, 0.05) is 65.4 Å². The first-order valence-corrected chi connectivity index (χ1v) is 20.6. The van der Waals surface area contributed by atoms with Crippen LogP contribution in [-0.4, -0.2) is 85.0 Å². The Balaban J connectivity index is 0.000000220. The van der Waals surface area contributed by atoms with E-state index in [0.717, 1.165) is 76.6 Å². The Morgan fingerprint density at radius 1 is 0.367 bits per heavy atom. The normalized spacial score (nSPS) is 16.3. The van der Waals surface area contributed by atoms with Gasteiger partial charge in [0.15, 0.2) is 0 Å².